The number of rotatable bonds is 4. The largest absolute Gasteiger partial charge is 0.464 e. The molecule has 4 nitrogen and oxygen atoms in total. The van der Waals surface area contributed by atoms with Crippen molar-refractivity contribution in [3.05, 3.63) is 35.9 Å². The van der Waals surface area contributed by atoms with Crippen molar-refractivity contribution in [1.82, 2.24) is 0 Å². The quantitative estimate of drug-likeness (QED) is 0.451. The average molecular weight is 234 g/mol. The first-order valence-electron chi connectivity index (χ1n) is 5.54. The number of esters is 1. The van der Waals surface area contributed by atoms with E-state index in [1.165, 1.54) is 0 Å². The molecular formula is C13H14O4. The van der Waals surface area contributed by atoms with Gasteiger partial charge in [0.05, 0.1) is 6.61 Å². The Morgan fingerprint density at radius 2 is 2.00 bits per heavy atom. The van der Waals surface area contributed by atoms with Crippen molar-refractivity contribution < 1.29 is 19.1 Å². The highest BCUT2D eigenvalue weighted by Crippen LogP contribution is 2.39. The van der Waals surface area contributed by atoms with Crippen LogP contribution in [0.5, 0.6) is 0 Å². The Morgan fingerprint density at radius 1 is 1.35 bits per heavy atom. The van der Waals surface area contributed by atoms with Crippen LogP contribution >= 0.6 is 0 Å². The number of carbonyl (C=O) groups excluding carboxylic acids is 2. The Balaban J connectivity index is 2.08. The van der Waals surface area contributed by atoms with Gasteiger partial charge in [-0.2, -0.15) is 0 Å². The van der Waals surface area contributed by atoms with Crippen LogP contribution in [0.15, 0.2) is 30.3 Å². The molecule has 0 radical (unpaired) electrons. The lowest BCUT2D eigenvalue weighted by molar-refractivity contribution is -0.148. The molecule has 2 atom stereocenters. The lowest BCUT2D eigenvalue weighted by Gasteiger charge is -2.05. The molecule has 90 valence electrons. The highest BCUT2D eigenvalue weighted by molar-refractivity contribution is 6.06. The van der Waals surface area contributed by atoms with Crippen molar-refractivity contribution in [2.45, 2.75) is 25.6 Å². The normalized spacial score (nSPS) is 26.4. The van der Waals surface area contributed by atoms with Gasteiger partial charge in [-0.3, -0.25) is 4.79 Å². The Morgan fingerprint density at radius 3 is 2.59 bits per heavy atom. The molecule has 0 amide bonds. The number of ether oxygens (including phenoxy) is 2. The van der Waals surface area contributed by atoms with Crippen LogP contribution in [-0.4, -0.2) is 30.1 Å². The molecule has 2 unspecified atom stereocenters. The van der Waals surface area contributed by atoms with Crippen LogP contribution in [0, 0.1) is 0 Å². The van der Waals surface area contributed by atoms with Crippen LogP contribution in [0.1, 0.15) is 24.2 Å². The molecule has 0 N–H and O–H groups in total. The summed E-state index contributed by atoms with van der Waals surface area (Å²) in [7, 11) is 0. The van der Waals surface area contributed by atoms with E-state index in [1.807, 2.05) is 6.07 Å². The topological polar surface area (TPSA) is 55.9 Å². The molecule has 1 aliphatic heterocycles. The van der Waals surface area contributed by atoms with Crippen molar-refractivity contribution >= 4 is 11.8 Å². The monoisotopic (exact) mass is 234 g/mol. The maximum Gasteiger partial charge on any atom is 0.341 e. The lowest BCUT2D eigenvalue weighted by Crippen LogP contribution is -2.29. The molecule has 0 bridgehead atoms. The molecule has 0 aliphatic carbocycles. The van der Waals surface area contributed by atoms with Crippen LogP contribution in [0.25, 0.3) is 0 Å². The molecule has 1 aliphatic rings. The molecule has 1 saturated heterocycles. The molecule has 0 saturated carbocycles. The standard InChI is InChI=1S/C13H14O4/c1-3-16-12(15)13(2)11(17-13)10(14)9-7-5-4-6-8-9/h4-8,11H,3H2,1-2H3. The van der Waals surface area contributed by atoms with Crippen LogP contribution < -0.4 is 0 Å². The van der Waals surface area contributed by atoms with Gasteiger partial charge in [-0.25, -0.2) is 4.79 Å². The van der Waals surface area contributed by atoms with Gasteiger partial charge >= 0.3 is 5.97 Å². The van der Waals surface area contributed by atoms with E-state index in [4.69, 9.17) is 9.47 Å². The number of benzene rings is 1. The molecule has 1 aromatic carbocycles. The first-order valence-corrected chi connectivity index (χ1v) is 5.54. The highest BCUT2D eigenvalue weighted by Gasteiger charge is 2.63. The first-order chi connectivity index (χ1) is 8.09. The molecular weight excluding hydrogens is 220 g/mol. The zero-order chi connectivity index (χ0) is 12.5. The summed E-state index contributed by atoms with van der Waals surface area (Å²) in [5.41, 5.74) is -0.561. The van der Waals surface area contributed by atoms with Crippen LogP contribution in [-0.2, 0) is 14.3 Å². The summed E-state index contributed by atoms with van der Waals surface area (Å²) in [6, 6.07) is 8.79. The molecule has 1 heterocycles. The van der Waals surface area contributed by atoms with Gasteiger partial charge < -0.3 is 9.47 Å². The lowest BCUT2D eigenvalue weighted by atomic mass is 10.00. The van der Waals surface area contributed by atoms with Gasteiger partial charge in [0.15, 0.2) is 17.5 Å². The van der Waals surface area contributed by atoms with E-state index < -0.39 is 17.7 Å². The number of hydrogen-bond donors (Lipinski definition) is 0. The van der Waals surface area contributed by atoms with Gasteiger partial charge in [-0.15, -0.1) is 0 Å². The fraction of sp³-hybridized carbons (Fsp3) is 0.385. The van der Waals surface area contributed by atoms with Gasteiger partial charge in [0.2, 0.25) is 0 Å². The molecule has 2 rings (SSSR count). The van der Waals surface area contributed by atoms with E-state index >= 15 is 0 Å². The smallest absolute Gasteiger partial charge is 0.341 e. The average Bonchev–Trinajstić information content (AvgIpc) is 3.04. The van der Waals surface area contributed by atoms with Gasteiger partial charge in [-0.05, 0) is 13.8 Å². The van der Waals surface area contributed by atoms with Crippen molar-refractivity contribution in [3.63, 3.8) is 0 Å². The van der Waals surface area contributed by atoms with Crippen molar-refractivity contribution in [2.24, 2.45) is 0 Å². The second kappa shape index (κ2) is 4.30. The van der Waals surface area contributed by atoms with Gasteiger partial charge in [0, 0.05) is 5.56 Å². The van der Waals surface area contributed by atoms with E-state index in [0.29, 0.717) is 5.56 Å². The molecule has 4 heteroatoms. The van der Waals surface area contributed by atoms with E-state index in [0.717, 1.165) is 0 Å². The summed E-state index contributed by atoms with van der Waals surface area (Å²) in [6.45, 7) is 3.58. The predicted molar refractivity (Wildman–Crippen MR) is 60.7 cm³/mol. The Labute approximate surface area is 99.5 Å². The summed E-state index contributed by atoms with van der Waals surface area (Å²) >= 11 is 0. The van der Waals surface area contributed by atoms with E-state index in [9.17, 15) is 9.59 Å². The highest BCUT2D eigenvalue weighted by atomic mass is 16.7. The minimum absolute atomic E-state index is 0.179. The second-order valence-corrected chi connectivity index (χ2v) is 4.06. The maximum atomic E-state index is 12.0. The summed E-state index contributed by atoms with van der Waals surface area (Å²) < 4.78 is 10.1. The predicted octanol–water partition coefficient (Wildman–Crippen LogP) is 1.59. The number of carbonyl (C=O) groups is 2. The fourth-order valence-electron chi connectivity index (χ4n) is 1.70. The van der Waals surface area contributed by atoms with Crippen molar-refractivity contribution in [3.8, 4) is 0 Å². The van der Waals surface area contributed by atoms with Crippen LogP contribution in [0.3, 0.4) is 0 Å². The third-order valence-corrected chi connectivity index (χ3v) is 2.78. The minimum Gasteiger partial charge on any atom is -0.464 e. The number of ketones is 1. The SMILES string of the molecule is CCOC(=O)C1(C)OC1C(=O)c1ccccc1. The zero-order valence-electron chi connectivity index (χ0n) is 9.80. The number of hydrogen-bond acceptors (Lipinski definition) is 4. The van der Waals surface area contributed by atoms with Gasteiger partial charge in [0.25, 0.3) is 0 Å². The second-order valence-electron chi connectivity index (χ2n) is 4.06. The van der Waals surface area contributed by atoms with Crippen molar-refractivity contribution in [2.75, 3.05) is 6.61 Å². The fourth-order valence-corrected chi connectivity index (χ4v) is 1.70. The number of Topliss-reactive ketones (excluding diaryl/α,β-unsaturated/α-hetero) is 1. The minimum atomic E-state index is -1.11. The van der Waals surface area contributed by atoms with Crippen LogP contribution in [0.2, 0.25) is 0 Å². The first kappa shape index (κ1) is 11.8. The third kappa shape index (κ3) is 2.08. The van der Waals surface area contributed by atoms with Crippen molar-refractivity contribution in [1.29, 1.82) is 0 Å². The summed E-state index contributed by atoms with van der Waals surface area (Å²) in [5, 5.41) is 0. The molecule has 0 spiro atoms. The zero-order valence-corrected chi connectivity index (χ0v) is 9.80. The maximum absolute atomic E-state index is 12.0. The van der Waals surface area contributed by atoms with E-state index in [-0.39, 0.29) is 12.4 Å². The van der Waals surface area contributed by atoms with E-state index in [2.05, 4.69) is 0 Å². The molecule has 1 fully saturated rings. The Kier molecular flexibility index (Phi) is 2.98. The third-order valence-electron chi connectivity index (χ3n) is 2.78. The Hall–Kier alpha value is -1.68. The summed E-state index contributed by atoms with van der Waals surface area (Å²) in [6.07, 6.45) is -0.719. The summed E-state index contributed by atoms with van der Waals surface area (Å²) in [4.78, 5) is 23.6. The van der Waals surface area contributed by atoms with E-state index in [1.54, 1.807) is 38.1 Å². The Bertz CT molecular complexity index is 440. The molecule has 1 aromatic rings. The summed E-state index contributed by atoms with van der Waals surface area (Å²) in [5.74, 6) is -0.657. The molecule has 17 heavy (non-hydrogen) atoms. The van der Waals surface area contributed by atoms with Crippen LogP contribution in [0.4, 0.5) is 0 Å². The van der Waals surface area contributed by atoms with Gasteiger partial charge in [0.1, 0.15) is 0 Å². The number of epoxide rings is 1. The van der Waals surface area contributed by atoms with Gasteiger partial charge in [-0.1, -0.05) is 30.3 Å². The molecule has 0 aromatic heterocycles.